The fourth-order valence-corrected chi connectivity index (χ4v) is 3.41. The first-order chi connectivity index (χ1) is 7.88. The van der Waals surface area contributed by atoms with E-state index < -0.39 is 0 Å². The third-order valence-corrected chi connectivity index (χ3v) is 4.42. The van der Waals surface area contributed by atoms with Crippen molar-refractivity contribution in [2.75, 3.05) is 5.32 Å². The van der Waals surface area contributed by atoms with Gasteiger partial charge in [-0.2, -0.15) is 4.98 Å². The summed E-state index contributed by atoms with van der Waals surface area (Å²) in [4.78, 5) is 4.50. The Kier molecular flexibility index (Phi) is 1.81. The molecule has 3 unspecified atom stereocenters. The summed E-state index contributed by atoms with van der Waals surface area (Å²) in [5, 5.41) is 7.41. The third-order valence-electron chi connectivity index (χ3n) is 4.42. The molecule has 3 fully saturated rings. The first-order valence-electron chi connectivity index (χ1n) is 6.48. The summed E-state index contributed by atoms with van der Waals surface area (Å²) in [5.74, 6) is 3.30. The van der Waals surface area contributed by atoms with Crippen molar-refractivity contribution in [1.82, 2.24) is 10.1 Å². The zero-order valence-corrected chi connectivity index (χ0v) is 9.35. The Balaban J connectivity index is 1.51. The quantitative estimate of drug-likeness (QED) is 0.848. The van der Waals surface area contributed by atoms with Gasteiger partial charge in [-0.05, 0) is 43.9 Å². The number of aromatic nitrogens is 2. The number of hydrogen-bond donors (Lipinski definition) is 1. The molecule has 1 aromatic heterocycles. The summed E-state index contributed by atoms with van der Waals surface area (Å²) in [7, 11) is 0. The number of anilines is 1. The van der Waals surface area contributed by atoms with Gasteiger partial charge in [0.15, 0.2) is 5.82 Å². The van der Waals surface area contributed by atoms with E-state index in [1.54, 1.807) is 0 Å². The molecule has 0 saturated heterocycles. The molecule has 0 amide bonds. The highest BCUT2D eigenvalue weighted by atomic mass is 16.5. The molecule has 4 rings (SSSR count). The van der Waals surface area contributed by atoms with Crippen molar-refractivity contribution in [3.63, 3.8) is 0 Å². The Morgan fingerprint density at radius 3 is 2.75 bits per heavy atom. The van der Waals surface area contributed by atoms with E-state index in [9.17, 15) is 0 Å². The fraction of sp³-hybridized carbons (Fsp3) is 0.833. The summed E-state index contributed by atoms with van der Waals surface area (Å²) in [6, 6.07) is 1.23. The topological polar surface area (TPSA) is 51.0 Å². The summed E-state index contributed by atoms with van der Waals surface area (Å²) in [6.07, 6.45) is 7.96. The van der Waals surface area contributed by atoms with Gasteiger partial charge in [-0.15, -0.1) is 0 Å². The van der Waals surface area contributed by atoms with Gasteiger partial charge in [0.05, 0.1) is 0 Å². The SMILES string of the molecule is C1CC2CC1CC2c1noc(NC2CC2)n1. The maximum Gasteiger partial charge on any atom is 0.321 e. The lowest BCUT2D eigenvalue weighted by molar-refractivity contribution is 0.372. The van der Waals surface area contributed by atoms with E-state index in [1.165, 1.54) is 38.5 Å². The van der Waals surface area contributed by atoms with Gasteiger partial charge < -0.3 is 9.84 Å². The summed E-state index contributed by atoms with van der Waals surface area (Å²) >= 11 is 0. The summed E-state index contributed by atoms with van der Waals surface area (Å²) in [5.41, 5.74) is 0. The Bertz CT molecular complexity index is 399. The van der Waals surface area contributed by atoms with Crippen molar-refractivity contribution < 1.29 is 4.52 Å². The van der Waals surface area contributed by atoms with Crippen LogP contribution < -0.4 is 5.32 Å². The molecular weight excluding hydrogens is 202 g/mol. The summed E-state index contributed by atoms with van der Waals surface area (Å²) < 4.78 is 5.26. The lowest BCUT2D eigenvalue weighted by Crippen LogP contribution is -2.10. The van der Waals surface area contributed by atoms with E-state index >= 15 is 0 Å². The Hall–Kier alpha value is -1.06. The van der Waals surface area contributed by atoms with E-state index in [2.05, 4.69) is 15.5 Å². The number of nitrogens with zero attached hydrogens (tertiary/aromatic N) is 2. The van der Waals surface area contributed by atoms with Crippen molar-refractivity contribution in [2.45, 2.75) is 50.5 Å². The number of rotatable bonds is 3. The largest absolute Gasteiger partial charge is 0.335 e. The molecule has 1 aromatic rings. The van der Waals surface area contributed by atoms with Crippen molar-refractivity contribution in [2.24, 2.45) is 11.8 Å². The average Bonchev–Trinajstić information content (AvgIpc) is 2.74. The molecule has 4 nitrogen and oxygen atoms in total. The highest BCUT2D eigenvalue weighted by Gasteiger charge is 2.42. The van der Waals surface area contributed by atoms with Crippen molar-refractivity contribution in [3.05, 3.63) is 5.82 Å². The fourth-order valence-electron chi connectivity index (χ4n) is 3.41. The van der Waals surface area contributed by atoms with Gasteiger partial charge in [-0.1, -0.05) is 11.6 Å². The second kappa shape index (κ2) is 3.22. The van der Waals surface area contributed by atoms with Gasteiger partial charge in [-0.25, -0.2) is 0 Å². The van der Waals surface area contributed by atoms with E-state index in [0.717, 1.165) is 17.7 Å². The smallest absolute Gasteiger partial charge is 0.321 e. The minimum Gasteiger partial charge on any atom is -0.335 e. The Morgan fingerprint density at radius 2 is 2.06 bits per heavy atom. The van der Waals surface area contributed by atoms with Crippen LogP contribution in [0.4, 0.5) is 6.01 Å². The molecule has 1 heterocycles. The number of hydrogen-bond acceptors (Lipinski definition) is 4. The zero-order chi connectivity index (χ0) is 10.5. The number of nitrogens with one attached hydrogen (secondary N) is 1. The van der Waals surface area contributed by atoms with Crippen LogP contribution in [0.2, 0.25) is 0 Å². The predicted molar refractivity (Wildman–Crippen MR) is 59.1 cm³/mol. The second-order valence-corrected chi connectivity index (χ2v) is 5.66. The first-order valence-corrected chi connectivity index (χ1v) is 6.48. The van der Waals surface area contributed by atoms with Crippen molar-refractivity contribution in [3.8, 4) is 0 Å². The molecule has 0 spiro atoms. The van der Waals surface area contributed by atoms with Crippen LogP contribution in [0.1, 0.15) is 50.3 Å². The molecule has 3 saturated carbocycles. The molecule has 3 aliphatic carbocycles. The van der Waals surface area contributed by atoms with Crippen LogP contribution in [-0.4, -0.2) is 16.2 Å². The van der Waals surface area contributed by atoms with Gasteiger partial charge in [0.25, 0.3) is 0 Å². The molecule has 86 valence electrons. The molecule has 2 bridgehead atoms. The van der Waals surface area contributed by atoms with E-state index in [1.807, 2.05) is 0 Å². The highest BCUT2D eigenvalue weighted by molar-refractivity contribution is 5.24. The molecule has 0 radical (unpaired) electrons. The Labute approximate surface area is 94.8 Å². The molecule has 0 aliphatic heterocycles. The van der Waals surface area contributed by atoms with Gasteiger partial charge in [0.1, 0.15) is 0 Å². The Morgan fingerprint density at radius 1 is 1.12 bits per heavy atom. The number of fused-ring (bicyclic) bond motifs is 2. The first kappa shape index (κ1) is 9.02. The van der Waals surface area contributed by atoms with Gasteiger partial charge in [-0.3, -0.25) is 0 Å². The van der Waals surface area contributed by atoms with Crippen LogP contribution in [0.3, 0.4) is 0 Å². The van der Waals surface area contributed by atoms with E-state index in [0.29, 0.717) is 18.0 Å². The molecule has 0 aromatic carbocycles. The molecule has 1 N–H and O–H groups in total. The van der Waals surface area contributed by atoms with Gasteiger partial charge in [0, 0.05) is 12.0 Å². The molecule has 16 heavy (non-hydrogen) atoms. The average molecular weight is 219 g/mol. The lowest BCUT2D eigenvalue weighted by atomic mass is 9.88. The minimum absolute atomic E-state index is 0.581. The van der Waals surface area contributed by atoms with Crippen LogP contribution in [-0.2, 0) is 0 Å². The van der Waals surface area contributed by atoms with Crippen molar-refractivity contribution in [1.29, 1.82) is 0 Å². The van der Waals surface area contributed by atoms with Crippen LogP contribution in [0.25, 0.3) is 0 Å². The molecular formula is C12H17N3O. The van der Waals surface area contributed by atoms with Crippen LogP contribution in [0, 0.1) is 11.8 Å². The molecule has 4 heteroatoms. The highest BCUT2D eigenvalue weighted by Crippen LogP contribution is 2.52. The summed E-state index contributed by atoms with van der Waals surface area (Å²) in [6.45, 7) is 0. The second-order valence-electron chi connectivity index (χ2n) is 5.66. The third kappa shape index (κ3) is 1.43. The lowest BCUT2D eigenvalue weighted by Gasteiger charge is -2.17. The molecule has 3 atom stereocenters. The normalized spacial score (nSPS) is 36.9. The zero-order valence-electron chi connectivity index (χ0n) is 9.35. The van der Waals surface area contributed by atoms with Crippen molar-refractivity contribution >= 4 is 6.01 Å². The van der Waals surface area contributed by atoms with Crippen LogP contribution >= 0.6 is 0 Å². The van der Waals surface area contributed by atoms with Crippen LogP contribution in [0.5, 0.6) is 0 Å². The van der Waals surface area contributed by atoms with Crippen LogP contribution in [0.15, 0.2) is 4.52 Å². The standard InChI is InChI=1S/C12H17N3O/c1-2-8-5-7(1)6-10(8)11-14-12(16-15-11)13-9-3-4-9/h7-10H,1-6H2,(H,13,14,15). The van der Waals surface area contributed by atoms with Gasteiger partial charge >= 0.3 is 6.01 Å². The predicted octanol–water partition coefficient (Wildman–Crippen LogP) is 2.55. The minimum atomic E-state index is 0.581. The van der Waals surface area contributed by atoms with E-state index in [-0.39, 0.29) is 0 Å². The van der Waals surface area contributed by atoms with E-state index in [4.69, 9.17) is 4.52 Å². The maximum atomic E-state index is 5.26. The maximum absolute atomic E-state index is 5.26. The molecule has 3 aliphatic rings. The monoisotopic (exact) mass is 219 g/mol. The van der Waals surface area contributed by atoms with Gasteiger partial charge in [0.2, 0.25) is 0 Å².